The third kappa shape index (κ3) is 3.79. The smallest absolute Gasteiger partial charge is 0.330 e. The van der Waals surface area contributed by atoms with Gasteiger partial charge in [0.1, 0.15) is 11.9 Å². The first-order chi connectivity index (χ1) is 9.70. The van der Waals surface area contributed by atoms with Gasteiger partial charge in [-0.15, -0.1) is 0 Å². The molecule has 108 valence electrons. The maximum absolute atomic E-state index is 13.0. The quantitative estimate of drug-likeness (QED) is 0.627. The van der Waals surface area contributed by atoms with Crippen LogP contribution in [0.3, 0.4) is 0 Å². The molecule has 20 heavy (non-hydrogen) atoms. The third-order valence-electron chi connectivity index (χ3n) is 3.39. The van der Waals surface area contributed by atoms with Gasteiger partial charge >= 0.3 is 5.97 Å². The van der Waals surface area contributed by atoms with Crippen LogP contribution in [0.15, 0.2) is 29.4 Å². The van der Waals surface area contributed by atoms with Gasteiger partial charge in [-0.05, 0) is 37.0 Å². The second-order valence-corrected chi connectivity index (χ2v) is 4.83. The molecular weight excluding hydrogens is 259 g/mol. The van der Waals surface area contributed by atoms with E-state index in [1.807, 2.05) is 6.07 Å². The second-order valence-electron chi connectivity index (χ2n) is 4.83. The first-order valence-corrected chi connectivity index (χ1v) is 6.82. The predicted octanol–water partition coefficient (Wildman–Crippen LogP) is 2.38. The minimum atomic E-state index is -0.294. The Morgan fingerprint density at radius 1 is 1.55 bits per heavy atom. The monoisotopic (exact) mass is 278 g/mol. The number of piperidine rings is 1. The Morgan fingerprint density at radius 3 is 3.15 bits per heavy atom. The first-order valence-electron chi connectivity index (χ1n) is 6.82. The average molecular weight is 278 g/mol. The molecule has 1 heterocycles. The van der Waals surface area contributed by atoms with Crippen molar-refractivity contribution in [2.75, 3.05) is 13.7 Å². The molecule has 2 rings (SSSR count). The molecule has 0 saturated carbocycles. The van der Waals surface area contributed by atoms with E-state index < -0.39 is 0 Å². The van der Waals surface area contributed by atoms with E-state index in [1.165, 1.54) is 19.2 Å². The summed E-state index contributed by atoms with van der Waals surface area (Å²) in [5.74, 6) is -0.492. The Kier molecular flexibility index (Phi) is 5.09. The van der Waals surface area contributed by atoms with Gasteiger partial charge in [0.2, 0.25) is 0 Å². The molecule has 0 unspecified atom stereocenters. The Hall–Kier alpha value is -1.91. The second kappa shape index (κ2) is 7.03. The molecule has 0 aliphatic carbocycles. The van der Waals surface area contributed by atoms with E-state index in [4.69, 9.17) is 4.74 Å². The van der Waals surface area contributed by atoms with Gasteiger partial charge in [0, 0.05) is 19.2 Å². The number of nitrogens with zero attached hydrogens (tertiary/aromatic N) is 2. The lowest BCUT2D eigenvalue weighted by Gasteiger charge is -2.31. The van der Waals surface area contributed by atoms with Crippen LogP contribution in [0.4, 0.5) is 4.39 Å². The van der Waals surface area contributed by atoms with Crippen molar-refractivity contribution in [3.05, 3.63) is 35.6 Å². The molecule has 5 heteroatoms. The fourth-order valence-electron chi connectivity index (χ4n) is 2.35. The van der Waals surface area contributed by atoms with Crippen molar-refractivity contribution < 1.29 is 13.9 Å². The normalized spacial score (nSPS) is 19.3. The fraction of sp³-hybridized carbons (Fsp3) is 0.467. The molecule has 1 aliphatic heterocycles. The summed E-state index contributed by atoms with van der Waals surface area (Å²) < 4.78 is 17.8. The summed E-state index contributed by atoms with van der Waals surface area (Å²) in [6, 6.07) is 6.13. The number of benzene rings is 1. The number of hydrogen-bond donors (Lipinski definition) is 0. The maximum atomic E-state index is 13.0. The van der Waals surface area contributed by atoms with E-state index in [-0.39, 0.29) is 17.8 Å². The van der Waals surface area contributed by atoms with E-state index in [2.05, 4.69) is 5.10 Å². The van der Waals surface area contributed by atoms with Crippen molar-refractivity contribution >= 4 is 12.2 Å². The third-order valence-corrected chi connectivity index (χ3v) is 3.39. The summed E-state index contributed by atoms with van der Waals surface area (Å²) in [5, 5.41) is 6.12. The molecule has 1 fully saturated rings. The summed E-state index contributed by atoms with van der Waals surface area (Å²) in [5.41, 5.74) is 0.861. The number of hydrazone groups is 1. The number of halogens is 1. The largest absolute Gasteiger partial charge is 0.467 e. The molecule has 1 aromatic rings. The minimum Gasteiger partial charge on any atom is -0.467 e. The van der Waals surface area contributed by atoms with Crippen LogP contribution in [0.1, 0.15) is 24.8 Å². The Labute approximate surface area is 118 Å². The topological polar surface area (TPSA) is 41.9 Å². The van der Waals surface area contributed by atoms with Gasteiger partial charge in [-0.1, -0.05) is 12.1 Å². The highest BCUT2D eigenvalue weighted by Gasteiger charge is 2.28. The number of hydrogen-bond acceptors (Lipinski definition) is 4. The SMILES string of the molecule is COC(=O)[C@H]1CCCCN1/N=C\Cc1cccc(F)c1. The summed E-state index contributed by atoms with van der Waals surface area (Å²) in [6.07, 6.45) is 5.06. The fourth-order valence-corrected chi connectivity index (χ4v) is 2.35. The van der Waals surface area contributed by atoms with Crippen LogP contribution in [0.5, 0.6) is 0 Å². The molecule has 1 aromatic carbocycles. The molecular formula is C15H19FN2O2. The highest BCUT2D eigenvalue weighted by Crippen LogP contribution is 2.18. The van der Waals surface area contributed by atoms with Crippen LogP contribution in [0.2, 0.25) is 0 Å². The van der Waals surface area contributed by atoms with Crippen LogP contribution < -0.4 is 0 Å². The number of rotatable bonds is 4. The molecule has 0 bridgehead atoms. The highest BCUT2D eigenvalue weighted by atomic mass is 19.1. The van der Waals surface area contributed by atoms with E-state index in [0.717, 1.165) is 31.4 Å². The van der Waals surface area contributed by atoms with Crippen molar-refractivity contribution in [2.24, 2.45) is 5.10 Å². The van der Waals surface area contributed by atoms with Crippen LogP contribution in [-0.4, -0.2) is 36.9 Å². The number of esters is 1. The lowest BCUT2D eigenvalue weighted by atomic mass is 10.0. The van der Waals surface area contributed by atoms with Crippen LogP contribution in [-0.2, 0) is 16.0 Å². The summed E-state index contributed by atoms with van der Waals surface area (Å²) in [7, 11) is 1.39. The van der Waals surface area contributed by atoms with Gasteiger partial charge in [0.15, 0.2) is 0 Å². The molecule has 0 spiro atoms. The van der Waals surface area contributed by atoms with Gasteiger partial charge in [-0.25, -0.2) is 9.18 Å². The number of methoxy groups -OCH3 is 1. The van der Waals surface area contributed by atoms with Crippen molar-refractivity contribution in [1.82, 2.24) is 5.01 Å². The predicted molar refractivity (Wildman–Crippen MR) is 75.0 cm³/mol. The molecule has 4 nitrogen and oxygen atoms in total. The maximum Gasteiger partial charge on any atom is 0.330 e. The number of carbonyl (C=O) groups excluding carboxylic acids is 1. The number of carbonyl (C=O) groups is 1. The first kappa shape index (κ1) is 14.5. The Balaban J connectivity index is 1.96. The van der Waals surface area contributed by atoms with Crippen LogP contribution in [0.25, 0.3) is 0 Å². The molecule has 1 atom stereocenters. The minimum absolute atomic E-state index is 0.243. The van der Waals surface area contributed by atoms with Gasteiger partial charge in [-0.3, -0.25) is 5.01 Å². The van der Waals surface area contributed by atoms with Crippen molar-refractivity contribution in [2.45, 2.75) is 31.7 Å². The van der Waals surface area contributed by atoms with Gasteiger partial charge in [0.05, 0.1) is 7.11 Å². The van der Waals surface area contributed by atoms with E-state index >= 15 is 0 Å². The molecule has 1 saturated heterocycles. The van der Waals surface area contributed by atoms with Gasteiger partial charge < -0.3 is 4.74 Å². The van der Waals surface area contributed by atoms with Crippen molar-refractivity contribution in [1.29, 1.82) is 0 Å². The molecule has 0 N–H and O–H groups in total. The van der Waals surface area contributed by atoms with Gasteiger partial charge in [-0.2, -0.15) is 5.10 Å². The zero-order chi connectivity index (χ0) is 14.4. The van der Waals surface area contributed by atoms with E-state index in [9.17, 15) is 9.18 Å². The molecule has 0 radical (unpaired) electrons. The summed E-state index contributed by atoms with van der Waals surface area (Å²) in [6.45, 7) is 0.749. The molecule has 0 amide bonds. The van der Waals surface area contributed by atoms with Crippen LogP contribution in [0, 0.1) is 5.82 Å². The van der Waals surface area contributed by atoms with Crippen molar-refractivity contribution in [3.63, 3.8) is 0 Å². The number of ether oxygens (including phenoxy) is 1. The standard InChI is InChI=1S/C15H19FN2O2/c1-20-15(19)14-7-2-3-10-18(14)17-9-8-12-5-4-6-13(16)11-12/h4-6,9,11,14H,2-3,7-8,10H2,1H3/b17-9-/t14-/m1/s1. The zero-order valence-corrected chi connectivity index (χ0v) is 11.6. The Morgan fingerprint density at radius 2 is 2.40 bits per heavy atom. The van der Waals surface area contributed by atoms with E-state index in [0.29, 0.717) is 6.42 Å². The molecule has 0 aromatic heterocycles. The molecule has 1 aliphatic rings. The lowest BCUT2D eigenvalue weighted by Crippen LogP contribution is -2.42. The summed E-state index contributed by atoms with van der Waals surface area (Å²) >= 11 is 0. The zero-order valence-electron chi connectivity index (χ0n) is 11.6. The highest BCUT2D eigenvalue weighted by molar-refractivity contribution is 5.76. The van der Waals surface area contributed by atoms with Crippen LogP contribution >= 0.6 is 0 Å². The lowest BCUT2D eigenvalue weighted by molar-refractivity contribution is -0.148. The Bertz CT molecular complexity index is 491. The van der Waals surface area contributed by atoms with Gasteiger partial charge in [0.25, 0.3) is 0 Å². The summed E-state index contributed by atoms with van der Waals surface area (Å²) in [4.78, 5) is 11.7. The van der Waals surface area contributed by atoms with E-state index in [1.54, 1.807) is 17.3 Å². The average Bonchev–Trinajstić information content (AvgIpc) is 2.47. The van der Waals surface area contributed by atoms with Crippen molar-refractivity contribution in [3.8, 4) is 0 Å².